The molecule has 0 unspecified atom stereocenters. The largest absolute Gasteiger partial charge is 0.379 e. The summed E-state index contributed by atoms with van der Waals surface area (Å²) >= 11 is 0. The summed E-state index contributed by atoms with van der Waals surface area (Å²) in [5.41, 5.74) is 5.28. The molecule has 23 heavy (non-hydrogen) atoms. The highest BCUT2D eigenvalue weighted by molar-refractivity contribution is 5.49. The standard InChI is InChI=1S/C15H31NO7/c16-2-5-19-7-9-21-11-13-23-15-14-22-12-10-20-8-6-18-4-1-3-17/h3H,1-2,4-16H2. The number of rotatable bonds is 20. The van der Waals surface area contributed by atoms with Crippen molar-refractivity contribution in [3.05, 3.63) is 0 Å². The minimum absolute atomic E-state index is 0.427. The van der Waals surface area contributed by atoms with E-state index in [2.05, 4.69) is 0 Å². The normalized spacial score (nSPS) is 11.0. The number of carbonyl (C=O) groups excluding carboxylic acids is 1. The van der Waals surface area contributed by atoms with Crippen molar-refractivity contribution in [1.82, 2.24) is 0 Å². The second-order valence-electron chi connectivity index (χ2n) is 4.42. The van der Waals surface area contributed by atoms with Crippen molar-refractivity contribution in [2.75, 3.05) is 85.8 Å². The summed E-state index contributed by atoms with van der Waals surface area (Å²) in [6.07, 6.45) is 1.26. The molecule has 0 aliphatic rings. The molecule has 0 radical (unpaired) electrons. The van der Waals surface area contributed by atoms with Crippen molar-refractivity contribution in [2.45, 2.75) is 6.42 Å². The Kier molecular flexibility index (Phi) is 20.8. The molecule has 0 bridgehead atoms. The number of aldehydes is 1. The Morgan fingerprint density at radius 3 is 1.13 bits per heavy atom. The Morgan fingerprint density at radius 2 is 0.826 bits per heavy atom. The van der Waals surface area contributed by atoms with Crippen LogP contribution in [0.1, 0.15) is 6.42 Å². The Bertz CT molecular complexity index is 232. The van der Waals surface area contributed by atoms with Gasteiger partial charge >= 0.3 is 0 Å². The molecule has 0 spiro atoms. The minimum atomic E-state index is 0.427. The Morgan fingerprint density at radius 1 is 0.522 bits per heavy atom. The van der Waals surface area contributed by atoms with Crippen LogP contribution in [0, 0.1) is 0 Å². The predicted octanol–water partition coefficient (Wildman–Crippen LogP) is -0.366. The van der Waals surface area contributed by atoms with E-state index in [1.54, 1.807) is 0 Å². The zero-order chi connectivity index (χ0) is 16.8. The van der Waals surface area contributed by atoms with Gasteiger partial charge in [0.1, 0.15) is 6.29 Å². The molecular formula is C15H31NO7. The lowest BCUT2D eigenvalue weighted by Crippen LogP contribution is -2.15. The molecule has 0 aromatic heterocycles. The molecule has 0 atom stereocenters. The number of carbonyl (C=O) groups is 1. The van der Waals surface area contributed by atoms with Crippen LogP contribution in [0.15, 0.2) is 0 Å². The minimum Gasteiger partial charge on any atom is -0.379 e. The summed E-state index contributed by atoms with van der Waals surface area (Å²) < 4.78 is 31.6. The molecule has 0 fully saturated rings. The van der Waals surface area contributed by atoms with E-state index in [1.807, 2.05) is 0 Å². The monoisotopic (exact) mass is 337 g/mol. The van der Waals surface area contributed by atoms with E-state index >= 15 is 0 Å². The summed E-state index contributed by atoms with van der Waals surface area (Å²) in [6, 6.07) is 0. The SMILES string of the molecule is NCCOCCOCCOCCOCCOCCOCCC=O. The molecule has 0 saturated carbocycles. The summed E-state index contributed by atoms with van der Waals surface area (Å²) in [5.74, 6) is 0. The third-order valence-corrected chi connectivity index (χ3v) is 2.50. The van der Waals surface area contributed by atoms with Gasteiger partial charge in [0.05, 0.1) is 79.3 Å². The fraction of sp³-hybridized carbons (Fsp3) is 0.933. The van der Waals surface area contributed by atoms with Gasteiger partial charge in [-0.1, -0.05) is 0 Å². The number of hydrogen-bond donors (Lipinski definition) is 1. The molecular weight excluding hydrogens is 306 g/mol. The van der Waals surface area contributed by atoms with E-state index in [1.165, 1.54) is 0 Å². The Balaban J connectivity index is 2.93. The first-order valence-corrected chi connectivity index (χ1v) is 8.02. The molecule has 138 valence electrons. The first-order valence-electron chi connectivity index (χ1n) is 8.02. The van der Waals surface area contributed by atoms with Crippen molar-refractivity contribution in [3.63, 3.8) is 0 Å². The van der Waals surface area contributed by atoms with Crippen LogP contribution in [0.4, 0.5) is 0 Å². The molecule has 0 rings (SSSR count). The van der Waals surface area contributed by atoms with Crippen LogP contribution < -0.4 is 5.73 Å². The summed E-state index contributed by atoms with van der Waals surface area (Å²) in [6.45, 7) is 6.82. The number of ether oxygens (including phenoxy) is 6. The van der Waals surface area contributed by atoms with Crippen molar-refractivity contribution >= 4 is 6.29 Å². The highest BCUT2D eigenvalue weighted by atomic mass is 16.6. The fourth-order valence-corrected chi connectivity index (χ4v) is 1.42. The van der Waals surface area contributed by atoms with E-state index < -0.39 is 0 Å². The maximum atomic E-state index is 10.0. The fourth-order valence-electron chi connectivity index (χ4n) is 1.42. The first kappa shape index (κ1) is 22.4. The second kappa shape index (κ2) is 21.4. The van der Waals surface area contributed by atoms with Crippen LogP contribution in [0.3, 0.4) is 0 Å². The van der Waals surface area contributed by atoms with Crippen LogP contribution in [-0.2, 0) is 33.2 Å². The zero-order valence-corrected chi connectivity index (χ0v) is 13.9. The maximum absolute atomic E-state index is 10.0. The average molecular weight is 337 g/mol. The third kappa shape index (κ3) is 21.4. The van der Waals surface area contributed by atoms with Crippen molar-refractivity contribution < 1.29 is 33.2 Å². The molecule has 2 N–H and O–H groups in total. The highest BCUT2D eigenvalue weighted by Crippen LogP contribution is 1.85. The van der Waals surface area contributed by atoms with Gasteiger partial charge < -0.3 is 38.9 Å². The number of hydrogen-bond acceptors (Lipinski definition) is 8. The van der Waals surface area contributed by atoms with Crippen molar-refractivity contribution in [3.8, 4) is 0 Å². The van der Waals surface area contributed by atoms with Gasteiger partial charge in [0.15, 0.2) is 0 Å². The van der Waals surface area contributed by atoms with E-state index in [9.17, 15) is 4.79 Å². The molecule has 8 heteroatoms. The smallest absolute Gasteiger partial charge is 0.122 e. The van der Waals surface area contributed by atoms with E-state index in [-0.39, 0.29) is 0 Å². The molecule has 8 nitrogen and oxygen atoms in total. The van der Waals surface area contributed by atoms with Gasteiger partial charge in [0.2, 0.25) is 0 Å². The number of nitrogens with two attached hydrogens (primary N) is 1. The summed E-state index contributed by atoms with van der Waals surface area (Å²) in [7, 11) is 0. The highest BCUT2D eigenvalue weighted by Gasteiger charge is 1.93. The topological polar surface area (TPSA) is 98.5 Å². The average Bonchev–Trinajstić information content (AvgIpc) is 2.57. The van der Waals surface area contributed by atoms with Gasteiger partial charge in [-0.25, -0.2) is 0 Å². The maximum Gasteiger partial charge on any atom is 0.122 e. The molecule has 0 aromatic rings. The molecule has 0 saturated heterocycles. The van der Waals surface area contributed by atoms with Crippen molar-refractivity contribution in [1.29, 1.82) is 0 Å². The van der Waals surface area contributed by atoms with Gasteiger partial charge in [-0.05, 0) is 0 Å². The van der Waals surface area contributed by atoms with Crippen LogP contribution in [0.25, 0.3) is 0 Å². The Hall–Kier alpha value is -0.610. The van der Waals surface area contributed by atoms with Gasteiger partial charge in [-0.2, -0.15) is 0 Å². The second-order valence-corrected chi connectivity index (χ2v) is 4.42. The summed E-state index contributed by atoms with van der Waals surface area (Å²) in [4.78, 5) is 10.0. The van der Waals surface area contributed by atoms with Crippen LogP contribution >= 0.6 is 0 Å². The van der Waals surface area contributed by atoms with Crippen LogP contribution in [0.5, 0.6) is 0 Å². The van der Waals surface area contributed by atoms with Crippen molar-refractivity contribution in [2.24, 2.45) is 5.73 Å². The van der Waals surface area contributed by atoms with Crippen LogP contribution in [0.2, 0.25) is 0 Å². The quantitative estimate of drug-likeness (QED) is 0.237. The lowest BCUT2D eigenvalue weighted by molar-refractivity contribution is -0.108. The summed E-state index contributed by atoms with van der Waals surface area (Å²) in [5, 5.41) is 0. The first-order chi connectivity index (χ1) is 11.4. The molecule has 0 aromatic carbocycles. The van der Waals surface area contributed by atoms with Gasteiger partial charge in [0.25, 0.3) is 0 Å². The van der Waals surface area contributed by atoms with Crippen LogP contribution in [-0.4, -0.2) is 92.1 Å². The van der Waals surface area contributed by atoms with E-state index in [0.29, 0.717) is 92.2 Å². The predicted molar refractivity (Wildman–Crippen MR) is 84.6 cm³/mol. The lowest BCUT2D eigenvalue weighted by Gasteiger charge is -2.08. The lowest BCUT2D eigenvalue weighted by atomic mass is 10.5. The molecule has 0 aliphatic heterocycles. The third-order valence-electron chi connectivity index (χ3n) is 2.50. The van der Waals surface area contributed by atoms with Gasteiger partial charge in [-0.15, -0.1) is 0 Å². The molecule has 0 aliphatic carbocycles. The van der Waals surface area contributed by atoms with E-state index in [4.69, 9.17) is 34.2 Å². The Labute approximate surface area is 138 Å². The van der Waals surface area contributed by atoms with Gasteiger partial charge in [0, 0.05) is 13.0 Å². The van der Waals surface area contributed by atoms with Gasteiger partial charge in [-0.3, -0.25) is 0 Å². The zero-order valence-electron chi connectivity index (χ0n) is 13.9. The molecule has 0 heterocycles. The molecule has 0 amide bonds. The van der Waals surface area contributed by atoms with E-state index in [0.717, 1.165) is 6.29 Å².